The van der Waals surface area contributed by atoms with Gasteiger partial charge in [0.1, 0.15) is 5.41 Å². The molecule has 1 aliphatic carbocycles. The Morgan fingerprint density at radius 1 is 1.44 bits per heavy atom. The maximum absolute atomic E-state index is 12.0. The van der Waals surface area contributed by atoms with E-state index in [9.17, 15) is 10.1 Å². The lowest BCUT2D eigenvalue weighted by molar-refractivity contribution is -0.129. The Balaban J connectivity index is 2.46. The minimum absolute atomic E-state index is 0.0702. The highest BCUT2D eigenvalue weighted by Crippen LogP contribution is 2.35. The van der Waals surface area contributed by atoms with Gasteiger partial charge in [0.25, 0.3) is 0 Å². The van der Waals surface area contributed by atoms with E-state index in [-0.39, 0.29) is 5.91 Å². The second kappa shape index (κ2) is 6.32. The molecule has 0 aliphatic heterocycles. The van der Waals surface area contributed by atoms with Crippen molar-refractivity contribution < 1.29 is 4.79 Å². The summed E-state index contributed by atoms with van der Waals surface area (Å²) in [5, 5.41) is 12.1. The summed E-state index contributed by atoms with van der Waals surface area (Å²) >= 11 is 0. The Hall–Kier alpha value is -1.30. The summed E-state index contributed by atoms with van der Waals surface area (Å²) in [4.78, 5) is 12.0. The van der Waals surface area contributed by atoms with Gasteiger partial charge in [-0.1, -0.05) is 31.4 Å². The number of nitriles is 1. The first kappa shape index (κ1) is 12.8. The Morgan fingerprint density at radius 3 is 2.69 bits per heavy atom. The van der Waals surface area contributed by atoms with E-state index < -0.39 is 5.41 Å². The van der Waals surface area contributed by atoms with Crippen LogP contribution < -0.4 is 5.32 Å². The molecule has 1 amide bonds. The van der Waals surface area contributed by atoms with Crippen LogP contribution in [0.5, 0.6) is 0 Å². The number of nitrogens with one attached hydrogen (secondary N) is 1. The fraction of sp³-hybridized carbons (Fsp3) is 0.692. The van der Waals surface area contributed by atoms with Gasteiger partial charge in [0.15, 0.2) is 0 Å². The molecule has 88 valence electrons. The van der Waals surface area contributed by atoms with E-state index in [0.717, 1.165) is 38.5 Å². The average Bonchev–Trinajstić information content (AvgIpc) is 2.35. The van der Waals surface area contributed by atoms with Crippen molar-refractivity contribution in [3.63, 3.8) is 0 Å². The monoisotopic (exact) mass is 220 g/mol. The normalized spacial score (nSPS) is 19.2. The molecule has 0 aromatic heterocycles. The maximum atomic E-state index is 12.0. The molecule has 0 bridgehead atoms. The van der Waals surface area contributed by atoms with Gasteiger partial charge >= 0.3 is 0 Å². The average molecular weight is 220 g/mol. The number of hydrogen-bond acceptors (Lipinski definition) is 2. The minimum atomic E-state index is -0.742. The quantitative estimate of drug-likeness (QED) is 0.584. The van der Waals surface area contributed by atoms with Crippen molar-refractivity contribution in [2.45, 2.75) is 45.4 Å². The van der Waals surface area contributed by atoms with Gasteiger partial charge in [-0.2, -0.15) is 5.26 Å². The predicted octanol–water partition coefficient (Wildman–Crippen LogP) is 2.54. The maximum Gasteiger partial charge on any atom is 0.240 e. The van der Waals surface area contributed by atoms with Crippen molar-refractivity contribution in [1.29, 1.82) is 5.26 Å². The lowest BCUT2D eigenvalue weighted by atomic mass is 9.74. The fourth-order valence-corrected chi connectivity index (χ4v) is 2.15. The highest BCUT2D eigenvalue weighted by atomic mass is 16.2. The lowest BCUT2D eigenvalue weighted by Crippen LogP contribution is -2.41. The SMILES string of the molecule is C/C=C/CCNC(=O)C1(C#N)CCCCC1. The topological polar surface area (TPSA) is 52.9 Å². The van der Waals surface area contributed by atoms with E-state index in [0.29, 0.717) is 6.54 Å². The van der Waals surface area contributed by atoms with Gasteiger partial charge in [-0.05, 0) is 26.2 Å². The summed E-state index contributed by atoms with van der Waals surface area (Å²) in [5.74, 6) is -0.0702. The summed E-state index contributed by atoms with van der Waals surface area (Å²) in [5.41, 5.74) is -0.742. The number of nitrogens with zero attached hydrogens (tertiary/aromatic N) is 1. The first-order valence-electron chi connectivity index (χ1n) is 6.06. The molecule has 0 spiro atoms. The van der Waals surface area contributed by atoms with Crippen LogP contribution in [-0.2, 0) is 4.79 Å². The number of hydrogen-bond donors (Lipinski definition) is 1. The predicted molar refractivity (Wildman–Crippen MR) is 63.6 cm³/mol. The summed E-state index contributed by atoms with van der Waals surface area (Å²) in [7, 11) is 0. The largest absolute Gasteiger partial charge is 0.354 e. The first-order valence-corrected chi connectivity index (χ1v) is 6.06. The zero-order valence-corrected chi connectivity index (χ0v) is 9.96. The van der Waals surface area contributed by atoms with Gasteiger partial charge in [0, 0.05) is 6.54 Å². The molecule has 0 heterocycles. The smallest absolute Gasteiger partial charge is 0.240 e. The molecular weight excluding hydrogens is 200 g/mol. The third-order valence-electron chi connectivity index (χ3n) is 3.19. The van der Waals surface area contributed by atoms with Crippen molar-refractivity contribution in [2.75, 3.05) is 6.54 Å². The van der Waals surface area contributed by atoms with Gasteiger partial charge in [-0.25, -0.2) is 0 Å². The number of rotatable bonds is 4. The molecule has 1 aliphatic rings. The highest BCUT2D eigenvalue weighted by molar-refractivity contribution is 5.85. The molecular formula is C13H20N2O. The van der Waals surface area contributed by atoms with Crippen LogP contribution in [-0.4, -0.2) is 12.5 Å². The number of carbonyl (C=O) groups is 1. The molecule has 1 rings (SSSR count). The molecule has 0 saturated heterocycles. The third-order valence-corrected chi connectivity index (χ3v) is 3.19. The molecule has 0 radical (unpaired) electrons. The van der Waals surface area contributed by atoms with Crippen LogP contribution in [0.2, 0.25) is 0 Å². The van der Waals surface area contributed by atoms with Crippen molar-refractivity contribution in [1.82, 2.24) is 5.32 Å². The standard InChI is InChI=1S/C13H20N2O/c1-2-3-7-10-15-12(16)13(11-14)8-5-4-6-9-13/h2-3H,4-10H2,1H3,(H,15,16)/b3-2+. The Morgan fingerprint density at radius 2 is 2.12 bits per heavy atom. The number of amides is 1. The van der Waals surface area contributed by atoms with Gasteiger partial charge in [0.05, 0.1) is 6.07 Å². The van der Waals surface area contributed by atoms with Gasteiger partial charge in [0.2, 0.25) is 5.91 Å². The number of allylic oxidation sites excluding steroid dienone is 1. The number of carbonyl (C=O) groups excluding carboxylic acids is 1. The van der Waals surface area contributed by atoms with Gasteiger partial charge < -0.3 is 5.32 Å². The van der Waals surface area contributed by atoms with Crippen molar-refractivity contribution in [3.8, 4) is 6.07 Å². The fourth-order valence-electron chi connectivity index (χ4n) is 2.15. The second-order valence-corrected chi connectivity index (χ2v) is 4.37. The summed E-state index contributed by atoms with van der Waals surface area (Å²) < 4.78 is 0. The minimum Gasteiger partial charge on any atom is -0.354 e. The Kier molecular flexibility index (Phi) is 5.04. The van der Waals surface area contributed by atoms with Crippen LogP contribution in [0.4, 0.5) is 0 Å². The zero-order valence-electron chi connectivity index (χ0n) is 9.96. The summed E-state index contributed by atoms with van der Waals surface area (Å²) in [6, 6.07) is 2.23. The van der Waals surface area contributed by atoms with Crippen LogP contribution in [0.25, 0.3) is 0 Å². The van der Waals surface area contributed by atoms with Crippen molar-refractivity contribution >= 4 is 5.91 Å². The first-order chi connectivity index (χ1) is 7.75. The highest BCUT2D eigenvalue weighted by Gasteiger charge is 2.39. The van der Waals surface area contributed by atoms with Crippen molar-refractivity contribution in [2.24, 2.45) is 5.41 Å². The van der Waals surface area contributed by atoms with Crippen LogP contribution in [0, 0.1) is 16.7 Å². The lowest BCUT2D eigenvalue weighted by Gasteiger charge is -2.29. The molecule has 16 heavy (non-hydrogen) atoms. The van der Waals surface area contributed by atoms with E-state index in [1.807, 2.05) is 19.1 Å². The molecule has 3 heteroatoms. The molecule has 0 aromatic rings. The molecule has 0 unspecified atom stereocenters. The van der Waals surface area contributed by atoms with Crippen molar-refractivity contribution in [3.05, 3.63) is 12.2 Å². The molecule has 1 saturated carbocycles. The van der Waals surface area contributed by atoms with E-state index in [1.54, 1.807) is 0 Å². The Bertz CT molecular complexity index is 296. The van der Waals surface area contributed by atoms with Gasteiger partial charge in [-0.15, -0.1) is 0 Å². The molecule has 0 aromatic carbocycles. The van der Waals surface area contributed by atoms with Gasteiger partial charge in [-0.3, -0.25) is 4.79 Å². The second-order valence-electron chi connectivity index (χ2n) is 4.37. The molecule has 3 nitrogen and oxygen atoms in total. The Labute approximate surface area is 97.5 Å². The molecule has 1 N–H and O–H groups in total. The van der Waals surface area contributed by atoms with Crippen LogP contribution in [0.3, 0.4) is 0 Å². The summed E-state index contributed by atoms with van der Waals surface area (Å²) in [6.45, 7) is 2.59. The van der Waals surface area contributed by atoms with E-state index in [4.69, 9.17) is 0 Å². The summed E-state index contributed by atoms with van der Waals surface area (Å²) in [6.07, 6.45) is 9.40. The van der Waals surface area contributed by atoms with E-state index in [1.165, 1.54) is 0 Å². The molecule has 1 fully saturated rings. The van der Waals surface area contributed by atoms with Crippen LogP contribution in [0.15, 0.2) is 12.2 Å². The third kappa shape index (κ3) is 3.10. The van der Waals surface area contributed by atoms with Crippen LogP contribution >= 0.6 is 0 Å². The zero-order chi connectivity index (χ0) is 11.9. The van der Waals surface area contributed by atoms with E-state index in [2.05, 4.69) is 11.4 Å². The molecule has 0 atom stereocenters. The van der Waals surface area contributed by atoms with E-state index >= 15 is 0 Å². The van der Waals surface area contributed by atoms with Crippen LogP contribution in [0.1, 0.15) is 45.4 Å².